The summed E-state index contributed by atoms with van der Waals surface area (Å²) in [5.74, 6) is 0. The van der Waals surface area contributed by atoms with Crippen molar-refractivity contribution < 1.29 is 17.9 Å². The predicted octanol–water partition coefficient (Wildman–Crippen LogP) is 3.29. The van der Waals surface area contributed by atoms with Crippen molar-refractivity contribution in [3.8, 4) is 0 Å². The topological polar surface area (TPSA) is 38.5 Å². The highest BCUT2D eigenvalue weighted by atomic mass is 19.4. The van der Waals surface area contributed by atoms with Crippen LogP contribution in [0.2, 0.25) is 0 Å². The van der Waals surface area contributed by atoms with E-state index in [1.807, 2.05) is 11.8 Å². The summed E-state index contributed by atoms with van der Waals surface area (Å²) in [7, 11) is 0. The summed E-state index contributed by atoms with van der Waals surface area (Å²) in [5.41, 5.74) is 4.99. The molecular formula is C14H19F3N2O. The first-order valence-electron chi connectivity index (χ1n) is 6.75. The molecule has 20 heavy (non-hydrogen) atoms. The predicted molar refractivity (Wildman–Crippen MR) is 72.7 cm³/mol. The van der Waals surface area contributed by atoms with Gasteiger partial charge in [0.05, 0.1) is 11.7 Å². The Morgan fingerprint density at radius 1 is 1.30 bits per heavy atom. The Morgan fingerprint density at radius 3 is 2.50 bits per heavy atom. The van der Waals surface area contributed by atoms with E-state index in [9.17, 15) is 13.2 Å². The van der Waals surface area contributed by atoms with Crippen molar-refractivity contribution in [2.75, 3.05) is 30.3 Å². The third-order valence-electron chi connectivity index (χ3n) is 3.55. The monoisotopic (exact) mass is 288 g/mol. The molecule has 6 heteroatoms. The van der Waals surface area contributed by atoms with Gasteiger partial charge in [0.25, 0.3) is 0 Å². The van der Waals surface area contributed by atoms with Gasteiger partial charge in [-0.2, -0.15) is 13.2 Å². The SMILES string of the molecule is CCOC1CCN(c2ccc(N)c(C(F)(F)F)c2)CC1. The van der Waals surface area contributed by atoms with E-state index in [2.05, 4.69) is 0 Å². The number of piperidine rings is 1. The molecule has 1 aromatic carbocycles. The number of halogens is 3. The summed E-state index contributed by atoms with van der Waals surface area (Å²) in [6, 6.07) is 4.11. The van der Waals surface area contributed by atoms with Crippen molar-refractivity contribution in [1.29, 1.82) is 0 Å². The summed E-state index contributed by atoms with van der Waals surface area (Å²) >= 11 is 0. The molecule has 0 saturated carbocycles. The van der Waals surface area contributed by atoms with Gasteiger partial charge in [-0.25, -0.2) is 0 Å². The van der Waals surface area contributed by atoms with Crippen molar-refractivity contribution in [3.05, 3.63) is 23.8 Å². The number of nitrogen functional groups attached to an aromatic ring is 1. The van der Waals surface area contributed by atoms with E-state index in [1.54, 1.807) is 6.07 Å². The number of anilines is 2. The van der Waals surface area contributed by atoms with Crippen LogP contribution in [0.15, 0.2) is 18.2 Å². The van der Waals surface area contributed by atoms with Crippen molar-refractivity contribution >= 4 is 11.4 Å². The minimum atomic E-state index is -4.41. The Labute approximate surface area is 116 Å². The summed E-state index contributed by atoms with van der Waals surface area (Å²) in [4.78, 5) is 1.95. The molecular weight excluding hydrogens is 269 g/mol. The van der Waals surface area contributed by atoms with E-state index >= 15 is 0 Å². The maximum Gasteiger partial charge on any atom is 0.418 e. The molecule has 1 aliphatic rings. The van der Waals surface area contributed by atoms with Crippen LogP contribution in [0.3, 0.4) is 0 Å². The second-order valence-electron chi connectivity index (χ2n) is 4.91. The van der Waals surface area contributed by atoms with E-state index in [0.717, 1.165) is 18.9 Å². The summed E-state index contributed by atoms with van der Waals surface area (Å²) in [5, 5.41) is 0. The third kappa shape index (κ3) is 3.36. The van der Waals surface area contributed by atoms with Crippen molar-refractivity contribution in [2.45, 2.75) is 32.0 Å². The van der Waals surface area contributed by atoms with Crippen LogP contribution in [-0.2, 0) is 10.9 Å². The molecule has 0 aliphatic carbocycles. The first kappa shape index (κ1) is 15.0. The Hall–Kier alpha value is -1.43. The molecule has 2 N–H and O–H groups in total. The molecule has 112 valence electrons. The van der Waals surface area contributed by atoms with Gasteiger partial charge in [-0.1, -0.05) is 0 Å². The maximum absolute atomic E-state index is 12.8. The molecule has 1 saturated heterocycles. The fourth-order valence-electron chi connectivity index (χ4n) is 2.50. The lowest BCUT2D eigenvalue weighted by Crippen LogP contribution is -2.37. The lowest BCUT2D eigenvalue weighted by Gasteiger charge is -2.33. The number of alkyl halides is 3. The first-order chi connectivity index (χ1) is 9.41. The number of rotatable bonds is 3. The van der Waals surface area contributed by atoms with Gasteiger partial charge in [0.15, 0.2) is 0 Å². The molecule has 0 bridgehead atoms. The van der Waals surface area contributed by atoms with Crippen LogP contribution >= 0.6 is 0 Å². The smallest absolute Gasteiger partial charge is 0.398 e. The standard InChI is InChI=1S/C14H19F3N2O/c1-2-20-11-5-7-19(8-6-11)10-3-4-13(18)12(9-10)14(15,16)17/h3-4,9,11H,2,5-8,18H2,1H3. The molecule has 3 nitrogen and oxygen atoms in total. The zero-order chi connectivity index (χ0) is 14.8. The van der Waals surface area contributed by atoms with E-state index in [4.69, 9.17) is 10.5 Å². The Bertz CT molecular complexity index is 454. The van der Waals surface area contributed by atoms with Crippen LogP contribution in [0, 0.1) is 0 Å². The largest absolute Gasteiger partial charge is 0.418 e. The van der Waals surface area contributed by atoms with Crippen LogP contribution in [0.4, 0.5) is 24.5 Å². The molecule has 1 fully saturated rings. The van der Waals surface area contributed by atoms with Crippen LogP contribution in [0.1, 0.15) is 25.3 Å². The van der Waals surface area contributed by atoms with E-state index in [0.29, 0.717) is 25.4 Å². The highest BCUT2D eigenvalue weighted by Crippen LogP contribution is 2.36. The second-order valence-corrected chi connectivity index (χ2v) is 4.91. The van der Waals surface area contributed by atoms with Crippen LogP contribution in [0.5, 0.6) is 0 Å². The van der Waals surface area contributed by atoms with Crippen molar-refractivity contribution in [2.24, 2.45) is 0 Å². The lowest BCUT2D eigenvalue weighted by atomic mass is 10.1. The quantitative estimate of drug-likeness (QED) is 0.867. The molecule has 1 heterocycles. The first-order valence-corrected chi connectivity index (χ1v) is 6.75. The maximum atomic E-state index is 12.8. The molecule has 0 aromatic heterocycles. The van der Waals surface area contributed by atoms with E-state index < -0.39 is 11.7 Å². The van der Waals surface area contributed by atoms with Crippen LogP contribution < -0.4 is 10.6 Å². The normalized spacial score (nSPS) is 17.5. The molecule has 1 aromatic rings. The fraction of sp³-hybridized carbons (Fsp3) is 0.571. The van der Waals surface area contributed by atoms with Gasteiger partial charge < -0.3 is 15.4 Å². The third-order valence-corrected chi connectivity index (χ3v) is 3.55. The molecule has 0 atom stereocenters. The highest BCUT2D eigenvalue weighted by Gasteiger charge is 2.33. The summed E-state index contributed by atoms with van der Waals surface area (Å²) < 4.78 is 44.1. The van der Waals surface area contributed by atoms with Gasteiger partial charge >= 0.3 is 6.18 Å². The Kier molecular flexibility index (Phi) is 4.42. The molecule has 2 rings (SSSR count). The van der Waals surface area contributed by atoms with Crippen molar-refractivity contribution in [3.63, 3.8) is 0 Å². The van der Waals surface area contributed by atoms with Crippen molar-refractivity contribution in [1.82, 2.24) is 0 Å². The van der Waals surface area contributed by atoms with Gasteiger partial charge in [0.2, 0.25) is 0 Å². The summed E-state index contributed by atoms with van der Waals surface area (Å²) in [6.45, 7) is 4.02. The fourth-order valence-corrected chi connectivity index (χ4v) is 2.50. The number of nitrogens with two attached hydrogens (primary N) is 1. The number of ether oxygens (including phenoxy) is 1. The van der Waals surface area contributed by atoms with Gasteiger partial charge in [0.1, 0.15) is 0 Å². The highest BCUT2D eigenvalue weighted by molar-refractivity contribution is 5.59. The number of benzene rings is 1. The van der Waals surface area contributed by atoms with Crippen LogP contribution in [0.25, 0.3) is 0 Å². The summed E-state index contributed by atoms with van der Waals surface area (Å²) in [6.07, 6.45) is -2.53. The average molecular weight is 288 g/mol. The number of nitrogens with zero attached hydrogens (tertiary/aromatic N) is 1. The average Bonchev–Trinajstić information content (AvgIpc) is 2.39. The minimum absolute atomic E-state index is 0.215. The van der Waals surface area contributed by atoms with Gasteiger partial charge in [0, 0.05) is 31.1 Å². The zero-order valence-corrected chi connectivity index (χ0v) is 11.4. The second kappa shape index (κ2) is 5.91. The minimum Gasteiger partial charge on any atom is -0.398 e. The van der Waals surface area contributed by atoms with Crippen LogP contribution in [-0.4, -0.2) is 25.8 Å². The lowest BCUT2D eigenvalue weighted by molar-refractivity contribution is -0.136. The number of hydrogen-bond acceptors (Lipinski definition) is 3. The zero-order valence-electron chi connectivity index (χ0n) is 11.4. The van der Waals surface area contributed by atoms with E-state index in [1.165, 1.54) is 6.07 Å². The molecule has 0 unspecified atom stereocenters. The molecule has 0 spiro atoms. The molecule has 0 radical (unpaired) electrons. The van der Waals surface area contributed by atoms with Gasteiger partial charge in [-0.15, -0.1) is 0 Å². The molecule has 1 aliphatic heterocycles. The number of hydrogen-bond donors (Lipinski definition) is 1. The Morgan fingerprint density at radius 2 is 1.95 bits per heavy atom. The van der Waals surface area contributed by atoms with Gasteiger partial charge in [-0.3, -0.25) is 0 Å². The van der Waals surface area contributed by atoms with E-state index in [-0.39, 0.29) is 11.8 Å². The van der Waals surface area contributed by atoms with Gasteiger partial charge in [-0.05, 0) is 38.0 Å². The molecule has 0 amide bonds. The Balaban J connectivity index is 2.11.